The van der Waals surface area contributed by atoms with E-state index in [2.05, 4.69) is 26.1 Å². The monoisotopic (exact) mass is 213 g/mol. The molecule has 1 N–H and O–H groups in total. The molecular formula is C13H27NO. The third-order valence-corrected chi connectivity index (χ3v) is 3.32. The molecule has 0 radical (unpaired) electrons. The van der Waals surface area contributed by atoms with E-state index < -0.39 is 0 Å². The molecule has 3 unspecified atom stereocenters. The summed E-state index contributed by atoms with van der Waals surface area (Å²) in [4.78, 5) is 0. The Morgan fingerprint density at radius 2 is 2.13 bits per heavy atom. The van der Waals surface area contributed by atoms with Crippen LogP contribution >= 0.6 is 0 Å². The van der Waals surface area contributed by atoms with Crippen LogP contribution in [0, 0.1) is 5.92 Å². The zero-order valence-corrected chi connectivity index (χ0v) is 10.6. The molecule has 1 rings (SSSR count). The van der Waals surface area contributed by atoms with Crippen LogP contribution in [0.25, 0.3) is 0 Å². The van der Waals surface area contributed by atoms with Gasteiger partial charge < -0.3 is 10.1 Å². The van der Waals surface area contributed by atoms with E-state index in [0.29, 0.717) is 12.1 Å². The number of rotatable bonds is 7. The van der Waals surface area contributed by atoms with E-state index in [1.54, 1.807) is 0 Å². The van der Waals surface area contributed by atoms with Crippen molar-refractivity contribution in [2.75, 3.05) is 13.2 Å². The van der Waals surface area contributed by atoms with Crippen LogP contribution in [0.3, 0.4) is 0 Å². The van der Waals surface area contributed by atoms with Crippen molar-refractivity contribution in [3.8, 4) is 0 Å². The molecule has 2 heteroatoms. The van der Waals surface area contributed by atoms with E-state index in [-0.39, 0.29) is 0 Å². The van der Waals surface area contributed by atoms with Gasteiger partial charge >= 0.3 is 0 Å². The smallest absolute Gasteiger partial charge is 0.0551 e. The fourth-order valence-corrected chi connectivity index (χ4v) is 2.39. The third kappa shape index (κ3) is 4.52. The maximum Gasteiger partial charge on any atom is 0.0551 e. The van der Waals surface area contributed by atoms with Crippen molar-refractivity contribution in [1.82, 2.24) is 5.32 Å². The minimum atomic E-state index is 0.475. The highest BCUT2D eigenvalue weighted by molar-refractivity contribution is 4.82. The first-order chi connectivity index (χ1) is 7.27. The summed E-state index contributed by atoms with van der Waals surface area (Å²) < 4.78 is 5.67. The first-order valence-electron chi connectivity index (χ1n) is 6.62. The van der Waals surface area contributed by atoms with Crippen LogP contribution in [0.1, 0.15) is 52.9 Å². The minimum Gasteiger partial charge on any atom is -0.378 e. The molecule has 2 nitrogen and oxygen atoms in total. The number of nitrogens with one attached hydrogen (secondary N) is 1. The fourth-order valence-electron chi connectivity index (χ4n) is 2.39. The predicted octanol–water partition coefficient (Wildman–Crippen LogP) is 2.97. The summed E-state index contributed by atoms with van der Waals surface area (Å²) >= 11 is 0. The topological polar surface area (TPSA) is 21.3 Å². The lowest BCUT2D eigenvalue weighted by Gasteiger charge is -2.23. The summed E-state index contributed by atoms with van der Waals surface area (Å²) in [5.41, 5.74) is 0. The molecule has 0 bridgehead atoms. The lowest BCUT2D eigenvalue weighted by Crippen LogP contribution is -2.37. The van der Waals surface area contributed by atoms with Crippen LogP contribution in [-0.4, -0.2) is 25.3 Å². The number of unbranched alkanes of at least 4 members (excludes halogenated alkanes) is 1. The summed E-state index contributed by atoms with van der Waals surface area (Å²) in [5, 5.41) is 3.69. The predicted molar refractivity (Wildman–Crippen MR) is 65.1 cm³/mol. The number of ether oxygens (including phenoxy) is 1. The summed E-state index contributed by atoms with van der Waals surface area (Å²) in [6.07, 6.45) is 6.90. The lowest BCUT2D eigenvalue weighted by molar-refractivity contribution is 0.116. The molecule has 1 heterocycles. The van der Waals surface area contributed by atoms with E-state index in [9.17, 15) is 0 Å². The van der Waals surface area contributed by atoms with Crippen molar-refractivity contribution in [2.24, 2.45) is 5.92 Å². The highest BCUT2D eigenvalue weighted by Gasteiger charge is 2.28. The highest BCUT2D eigenvalue weighted by Crippen LogP contribution is 2.24. The summed E-state index contributed by atoms with van der Waals surface area (Å²) in [6.45, 7) is 8.81. The van der Waals surface area contributed by atoms with E-state index in [0.717, 1.165) is 19.1 Å². The molecular weight excluding hydrogens is 186 g/mol. The molecule has 1 aliphatic rings. The largest absolute Gasteiger partial charge is 0.378 e. The molecule has 0 spiro atoms. The summed E-state index contributed by atoms with van der Waals surface area (Å²) in [6, 6.07) is 0.690. The second-order valence-corrected chi connectivity index (χ2v) is 4.84. The highest BCUT2D eigenvalue weighted by atomic mass is 16.5. The van der Waals surface area contributed by atoms with Crippen molar-refractivity contribution in [1.29, 1.82) is 0 Å². The van der Waals surface area contributed by atoms with Gasteiger partial charge in [0.2, 0.25) is 0 Å². The van der Waals surface area contributed by atoms with Crippen LogP contribution < -0.4 is 5.32 Å². The van der Waals surface area contributed by atoms with E-state index >= 15 is 0 Å². The molecule has 0 aromatic heterocycles. The van der Waals surface area contributed by atoms with Crippen LogP contribution in [0.4, 0.5) is 0 Å². The van der Waals surface area contributed by atoms with Gasteiger partial charge in [0.1, 0.15) is 0 Å². The van der Waals surface area contributed by atoms with Crippen molar-refractivity contribution in [2.45, 2.75) is 65.0 Å². The van der Waals surface area contributed by atoms with Gasteiger partial charge in [0, 0.05) is 12.0 Å². The Morgan fingerprint density at radius 3 is 2.67 bits per heavy atom. The molecule has 0 amide bonds. The second-order valence-electron chi connectivity index (χ2n) is 4.84. The van der Waals surface area contributed by atoms with Crippen LogP contribution in [-0.2, 0) is 4.74 Å². The van der Waals surface area contributed by atoms with Crippen LogP contribution in [0.5, 0.6) is 0 Å². The van der Waals surface area contributed by atoms with Gasteiger partial charge in [0.15, 0.2) is 0 Å². The molecule has 3 atom stereocenters. The van der Waals surface area contributed by atoms with Crippen molar-refractivity contribution in [3.05, 3.63) is 0 Å². The molecule has 90 valence electrons. The maximum atomic E-state index is 5.67. The Balaban J connectivity index is 2.32. The Morgan fingerprint density at radius 1 is 1.33 bits per heavy atom. The molecule has 0 aromatic rings. The zero-order chi connectivity index (χ0) is 11.1. The van der Waals surface area contributed by atoms with Gasteiger partial charge in [0.25, 0.3) is 0 Å². The molecule has 15 heavy (non-hydrogen) atoms. The first kappa shape index (κ1) is 13.0. The Kier molecular flexibility index (Phi) is 6.26. The Hall–Kier alpha value is -0.0800. The lowest BCUT2D eigenvalue weighted by atomic mass is 9.93. The summed E-state index contributed by atoms with van der Waals surface area (Å²) in [7, 11) is 0. The van der Waals surface area contributed by atoms with E-state index in [4.69, 9.17) is 4.74 Å². The molecule has 1 aliphatic heterocycles. The fraction of sp³-hybridized carbons (Fsp3) is 1.00. The van der Waals surface area contributed by atoms with E-state index in [1.165, 1.54) is 32.1 Å². The van der Waals surface area contributed by atoms with Gasteiger partial charge in [-0.3, -0.25) is 0 Å². The number of hydrogen-bond acceptors (Lipinski definition) is 2. The van der Waals surface area contributed by atoms with Gasteiger partial charge in [-0.15, -0.1) is 0 Å². The van der Waals surface area contributed by atoms with Crippen LogP contribution in [0.2, 0.25) is 0 Å². The molecule has 0 saturated carbocycles. The van der Waals surface area contributed by atoms with Crippen molar-refractivity contribution < 1.29 is 4.74 Å². The standard InChI is InChI=1S/C13H27NO/c1-4-6-7-13(14-8-5-2)12-9-11(3)15-10-12/h11-14H,4-10H2,1-3H3. The molecule has 0 aliphatic carbocycles. The second kappa shape index (κ2) is 7.24. The van der Waals surface area contributed by atoms with Crippen molar-refractivity contribution in [3.63, 3.8) is 0 Å². The summed E-state index contributed by atoms with van der Waals surface area (Å²) in [5.74, 6) is 0.748. The van der Waals surface area contributed by atoms with Gasteiger partial charge in [-0.25, -0.2) is 0 Å². The first-order valence-corrected chi connectivity index (χ1v) is 6.62. The normalized spacial score (nSPS) is 28.2. The number of hydrogen-bond donors (Lipinski definition) is 1. The van der Waals surface area contributed by atoms with Crippen LogP contribution in [0.15, 0.2) is 0 Å². The van der Waals surface area contributed by atoms with E-state index in [1.807, 2.05) is 0 Å². The molecule has 1 fully saturated rings. The zero-order valence-electron chi connectivity index (χ0n) is 10.6. The average Bonchev–Trinajstić information content (AvgIpc) is 2.65. The van der Waals surface area contributed by atoms with Crippen molar-refractivity contribution >= 4 is 0 Å². The molecule has 1 saturated heterocycles. The SMILES string of the molecule is CCCCC(NCCC)C1COC(C)C1. The van der Waals surface area contributed by atoms with Gasteiger partial charge in [-0.05, 0) is 32.7 Å². The third-order valence-electron chi connectivity index (χ3n) is 3.32. The van der Waals surface area contributed by atoms with Gasteiger partial charge in [0.05, 0.1) is 12.7 Å². The van der Waals surface area contributed by atoms with Gasteiger partial charge in [-0.2, -0.15) is 0 Å². The van der Waals surface area contributed by atoms with Gasteiger partial charge in [-0.1, -0.05) is 26.7 Å². The Bertz CT molecular complexity index is 153. The molecule has 0 aromatic carbocycles. The maximum absolute atomic E-state index is 5.67. The minimum absolute atomic E-state index is 0.475. The average molecular weight is 213 g/mol. The quantitative estimate of drug-likeness (QED) is 0.702. The Labute approximate surface area is 94.8 Å².